The van der Waals surface area contributed by atoms with Crippen LogP contribution in [0.15, 0.2) is 152 Å². The summed E-state index contributed by atoms with van der Waals surface area (Å²) in [5.74, 6) is 0.963. The molecule has 3 nitrogen and oxygen atoms in total. The summed E-state index contributed by atoms with van der Waals surface area (Å²) in [5, 5.41) is 0.786. The van der Waals surface area contributed by atoms with Crippen LogP contribution in [0.25, 0.3) is 76.6 Å². The van der Waals surface area contributed by atoms with E-state index in [1.165, 1.54) is 6.07 Å². The summed E-state index contributed by atoms with van der Waals surface area (Å²) in [6.45, 7) is 0. The Morgan fingerprint density at radius 2 is 0.907 bits per heavy atom. The minimum atomic E-state index is -0.345. The van der Waals surface area contributed by atoms with Crippen LogP contribution in [0, 0.1) is 0 Å². The second kappa shape index (κ2) is 10.8. The topological polar surface area (TPSA) is 38.7 Å². The van der Waals surface area contributed by atoms with Crippen LogP contribution in [0.1, 0.15) is 8.22 Å². The molecular weight excluding hydrogens is 543 g/mol. The van der Waals surface area contributed by atoms with Crippen LogP contribution in [0.3, 0.4) is 0 Å². The smallest absolute Gasteiger partial charge is 0.165 e. The van der Waals surface area contributed by atoms with Crippen molar-refractivity contribution < 1.29 is 8.22 Å². The predicted octanol–water partition coefficient (Wildman–Crippen LogP) is 10.6. The third-order valence-corrected chi connectivity index (χ3v) is 8.51. The van der Waals surface area contributed by atoms with Gasteiger partial charge in [0.25, 0.3) is 0 Å². The van der Waals surface area contributed by atoms with Crippen molar-refractivity contribution in [3.05, 3.63) is 152 Å². The number of hydrogen-bond donors (Lipinski definition) is 0. The fraction of sp³-hybridized carbons (Fsp3) is 0. The van der Waals surface area contributed by atoms with Crippen molar-refractivity contribution in [1.29, 1.82) is 0 Å². The van der Waals surface area contributed by atoms with Gasteiger partial charge in [-0.25, -0.2) is 15.0 Å². The molecule has 0 aliphatic heterocycles. The molecule has 0 unspecified atom stereocenters. The minimum Gasteiger partial charge on any atom is -0.208 e. The Morgan fingerprint density at radius 1 is 0.419 bits per heavy atom. The predicted molar refractivity (Wildman–Crippen MR) is 180 cm³/mol. The number of nitrogens with zero attached hydrogens (tertiary/aromatic N) is 3. The molecule has 43 heavy (non-hydrogen) atoms. The van der Waals surface area contributed by atoms with E-state index in [0.717, 1.165) is 44.7 Å². The van der Waals surface area contributed by atoms with Crippen molar-refractivity contribution in [2.45, 2.75) is 0 Å². The standard InChI is InChI=1S/C39H25N3S/c1-3-10-26(11-4-1)28-18-22-30(23-19-28)37-40-38(31-24-20-29(21-25-31)27-12-5-2-6-13-27)42-39(41-37)34-16-9-15-33-32-14-7-8-17-35(32)43-36(33)34/h1-25H/i7D,8D,9D,14D,16D,17D. The number of hydrogen-bond acceptors (Lipinski definition) is 4. The van der Waals surface area contributed by atoms with Gasteiger partial charge in [-0.15, -0.1) is 11.3 Å². The van der Waals surface area contributed by atoms with Crippen molar-refractivity contribution >= 4 is 31.5 Å². The lowest BCUT2D eigenvalue weighted by molar-refractivity contribution is 1.08. The minimum absolute atomic E-state index is 0.0995. The van der Waals surface area contributed by atoms with E-state index in [2.05, 4.69) is 0 Å². The molecule has 2 aromatic heterocycles. The molecule has 0 aliphatic rings. The van der Waals surface area contributed by atoms with Gasteiger partial charge in [0, 0.05) is 36.9 Å². The molecule has 8 rings (SSSR count). The normalized spacial score (nSPS) is 13.2. The third-order valence-electron chi connectivity index (χ3n) is 7.37. The molecule has 0 aliphatic carbocycles. The Hall–Kier alpha value is -5.45. The highest BCUT2D eigenvalue weighted by Crippen LogP contribution is 2.39. The molecule has 202 valence electrons. The van der Waals surface area contributed by atoms with E-state index in [0.29, 0.717) is 31.8 Å². The van der Waals surface area contributed by atoms with Crippen LogP contribution in [0.5, 0.6) is 0 Å². The van der Waals surface area contributed by atoms with E-state index in [-0.39, 0.29) is 47.6 Å². The molecule has 0 bridgehead atoms. The second-order valence-electron chi connectivity index (χ2n) is 10.0. The lowest BCUT2D eigenvalue weighted by atomic mass is 10.0. The third kappa shape index (κ3) is 4.78. The zero-order valence-corrected chi connectivity index (χ0v) is 23.5. The summed E-state index contributed by atoms with van der Waals surface area (Å²) in [4.78, 5) is 14.7. The molecule has 4 heteroatoms. The lowest BCUT2D eigenvalue weighted by Gasteiger charge is -2.10. The van der Waals surface area contributed by atoms with E-state index in [1.807, 2.05) is 109 Å². The first-order valence-electron chi connectivity index (χ1n) is 16.8. The molecule has 0 saturated carbocycles. The summed E-state index contributed by atoms with van der Waals surface area (Å²) in [6, 6.07) is 36.2. The molecule has 6 aromatic carbocycles. The molecule has 0 atom stereocenters. The summed E-state index contributed by atoms with van der Waals surface area (Å²) < 4.78 is 52.4. The van der Waals surface area contributed by atoms with Gasteiger partial charge in [-0.05, 0) is 34.3 Å². The molecule has 8 aromatic rings. The number of thiophene rings is 1. The maximum absolute atomic E-state index is 9.03. The molecule has 0 spiro atoms. The van der Waals surface area contributed by atoms with E-state index in [4.69, 9.17) is 23.2 Å². The molecule has 2 heterocycles. The zero-order valence-electron chi connectivity index (χ0n) is 28.7. The Bertz CT molecular complexity index is 2440. The lowest BCUT2D eigenvalue weighted by Crippen LogP contribution is -2.00. The largest absolute Gasteiger partial charge is 0.208 e. The summed E-state index contributed by atoms with van der Waals surface area (Å²) in [7, 11) is 0. The molecule has 0 saturated heterocycles. The van der Waals surface area contributed by atoms with Gasteiger partial charge >= 0.3 is 0 Å². The van der Waals surface area contributed by atoms with Gasteiger partial charge in [0.15, 0.2) is 17.5 Å². The molecule has 0 radical (unpaired) electrons. The van der Waals surface area contributed by atoms with Crippen molar-refractivity contribution in [3.63, 3.8) is 0 Å². The SMILES string of the molecule is [2H]c1cc2c(sc3c([2H])c([2H])c([2H])c([2H])c32)c(-c2nc(-c3ccc(-c4ccccc4)cc3)nc(-c3ccc(-c4ccccc4)cc3)n2)c1[2H]. The van der Waals surface area contributed by atoms with Gasteiger partial charge in [-0.2, -0.15) is 0 Å². The van der Waals surface area contributed by atoms with E-state index >= 15 is 0 Å². The zero-order chi connectivity index (χ0) is 33.8. The van der Waals surface area contributed by atoms with Crippen LogP contribution in [0.4, 0.5) is 0 Å². The average molecular weight is 574 g/mol. The maximum Gasteiger partial charge on any atom is 0.165 e. The van der Waals surface area contributed by atoms with Crippen LogP contribution in [0.2, 0.25) is 0 Å². The first-order valence-corrected chi connectivity index (χ1v) is 14.6. The van der Waals surface area contributed by atoms with Gasteiger partial charge < -0.3 is 0 Å². The average Bonchev–Trinajstić information content (AvgIpc) is 3.53. The van der Waals surface area contributed by atoms with Crippen LogP contribution in [-0.2, 0) is 0 Å². The monoisotopic (exact) mass is 573 g/mol. The Labute approximate surface area is 262 Å². The Balaban J connectivity index is 1.35. The van der Waals surface area contributed by atoms with E-state index < -0.39 is 0 Å². The summed E-state index contributed by atoms with van der Waals surface area (Å²) in [6.07, 6.45) is 0. The van der Waals surface area contributed by atoms with Crippen LogP contribution in [-0.4, -0.2) is 15.0 Å². The Morgan fingerprint density at radius 3 is 1.49 bits per heavy atom. The van der Waals surface area contributed by atoms with Gasteiger partial charge in [0.1, 0.15) is 0 Å². The van der Waals surface area contributed by atoms with E-state index in [9.17, 15) is 0 Å². The van der Waals surface area contributed by atoms with Crippen LogP contribution >= 0.6 is 11.3 Å². The molecule has 0 N–H and O–H groups in total. The fourth-order valence-corrected chi connectivity index (χ4v) is 6.27. The van der Waals surface area contributed by atoms with Gasteiger partial charge in [0.2, 0.25) is 0 Å². The fourth-order valence-electron chi connectivity index (χ4n) is 5.19. The molecule has 0 fully saturated rings. The number of fused-ring (bicyclic) bond motifs is 3. The van der Waals surface area contributed by atoms with Gasteiger partial charge in [0.05, 0.1) is 8.22 Å². The first kappa shape index (κ1) is 19.6. The molecule has 0 amide bonds. The van der Waals surface area contributed by atoms with Crippen molar-refractivity contribution in [1.82, 2.24) is 15.0 Å². The van der Waals surface area contributed by atoms with Gasteiger partial charge in [-0.1, -0.05) is 139 Å². The second-order valence-corrected chi connectivity index (χ2v) is 11.1. The summed E-state index contributed by atoms with van der Waals surface area (Å²) >= 11 is 1.16. The summed E-state index contributed by atoms with van der Waals surface area (Å²) in [5.41, 5.74) is 6.01. The number of rotatable bonds is 5. The highest BCUT2D eigenvalue weighted by molar-refractivity contribution is 7.26. The van der Waals surface area contributed by atoms with Crippen LogP contribution < -0.4 is 0 Å². The quantitative estimate of drug-likeness (QED) is 0.206. The van der Waals surface area contributed by atoms with Crippen molar-refractivity contribution in [2.24, 2.45) is 0 Å². The maximum atomic E-state index is 9.03. The number of benzene rings is 6. The van der Waals surface area contributed by atoms with Gasteiger partial charge in [-0.3, -0.25) is 0 Å². The van der Waals surface area contributed by atoms with Crippen molar-refractivity contribution in [2.75, 3.05) is 0 Å². The highest BCUT2D eigenvalue weighted by Gasteiger charge is 2.16. The Kier molecular flexibility index (Phi) is 4.91. The highest BCUT2D eigenvalue weighted by atomic mass is 32.1. The molecular formula is C39H25N3S. The number of aromatic nitrogens is 3. The first-order chi connectivity index (χ1) is 23.8. The van der Waals surface area contributed by atoms with Crippen molar-refractivity contribution in [3.8, 4) is 56.4 Å². The van der Waals surface area contributed by atoms with E-state index in [1.54, 1.807) is 0 Å².